The second-order valence-electron chi connectivity index (χ2n) is 6.10. The first kappa shape index (κ1) is 13.6. The van der Waals surface area contributed by atoms with Crippen LogP contribution in [0.15, 0.2) is 6.07 Å². The van der Waals surface area contributed by atoms with Crippen molar-refractivity contribution in [3.05, 3.63) is 33.9 Å². The molecule has 1 aromatic carbocycles. The summed E-state index contributed by atoms with van der Waals surface area (Å²) < 4.78 is 0. The number of hydrogen-bond acceptors (Lipinski definition) is 1. The van der Waals surface area contributed by atoms with Gasteiger partial charge in [0.1, 0.15) is 0 Å². The van der Waals surface area contributed by atoms with E-state index in [1.165, 1.54) is 59.9 Å². The van der Waals surface area contributed by atoms with E-state index in [0.717, 1.165) is 0 Å². The standard InChI is InChI=1S/C17H27N/c1-11-10-12(2)14(4)16(13(11)3)17(18)15-8-6-5-7-9-15/h10,15,17H,5-9,18H2,1-4H3. The summed E-state index contributed by atoms with van der Waals surface area (Å²) in [6.45, 7) is 8.89. The van der Waals surface area contributed by atoms with Crippen LogP contribution in [0.4, 0.5) is 0 Å². The van der Waals surface area contributed by atoms with Gasteiger partial charge in [0.05, 0.1) is 0 Å². The molecule has 0 saturated heterocycles. The molecule has 0 bridgehead atoms. The van der Waals surface area contributed by atoms with Gasteiger partial charge in [0.15, 0.2) is 0 Å². The Morgan fingerprint density at radius 1 is 0.944 bits per heavy atom. The quantitative estimate of drug-likeness (QED) is 0.815. The van der Waals surface area contributed by atoms with Gasteiger partial charge in [-0.25, -0.2) is 0 Å². The number of hydrogen-bond donors (Lipinski definition) is 1. The zero-order valence-electron chi connectivity index (χ0n) is 12.3. The van der Waals surface area contributed by atoms with E-state index in [2.05, 4.69) is 33.8 Å². The maximum absolute atomic E-state index is 6.61. The molecule has 0 amide bonds. The highest BCUT2D eigenvalue weighted by Gasteiger charge is 2.25. The van der Waals surface area contributed by atoms with E-state index in [0.29, 0.717) is 5.92 Å². The molecule has 0 spiro atoms. The van der Waals surface area contributed by atoms with E-state index >= 15 is 0 Å². The van der Waals surface area contributed by atoms with Crippen molar-refractivity contribution >= 4 is 0 Å². The van der Waals surface area contributed by atoms with Gasteiger partial charge >= 0.3 is 0 Å². The second-order valence-corrected chi connectivity index (χ2v) is 6.10. The highest BCUT2D eigenvalue weighted by Crippen LogP contribution is 2.36. The van der Waals surface area contributed by atoms with Gasteiger partial charge in [0, 0.05) is 6.04 Å². The highest BCUT2D eigenvalue weighted by molar-refractivity contribution is 5.45. The zero-order valence-corrected chi connectivity index (χ0v) is 12.3. The largest absolute Gasteiger partial charge is 0.324 e. The molecule has 1 aliphatic rings. The Kier molecular flexibility index (Phi) is 4.11. The number of benzene rings is 1. The van der Waals surface area contributed by atoms with Gasteiger partial charge in [0.2, 0.25) is 0 Å². The van der Waals surface area contributed by atoms with Crippen LogP contribution in [0.2, 0.25) is 0 Å². The van der Waals surface area contributed by atoms with Gasteiger partial charge in [-0.15, -0.1) is 0 Å². The van der Waals surface area contributed by atoms with Crippen LogP contribution >= 0.6 is 0 Å². The van der Waals surface area contributed by atoms with E-state index in [9.17, 15) is 0 Å². The number of nitrogens with two attached hydrogens (primary N) is 1. The van der Waals surface area contributed by atoms with E-state index in [-0.39, 0.29) is 6.04 Å². The molecule has 1 aliphatic carbocycles. The minimum absolute atomic E-state index is 0.240. The first-order valence-electron chi connectivity index (χ1n) is 7.35. The van der Waals surface area contributed by atoms with E-state index in [4.69, 9.17) is 5.73 Å². The molecule has 0 aromatic heterocycles. The fourth-order valence-corrected chi connectivity index (χ4v) is 3.48. The predicted molar refractivity (Wildman–Crippen MR) is 78.9 cm³/mol. The van der Waals surface area contributed by atoms with Gasteiger partial charge in [-0.05, 0) is 74.3 Å². The Labute approximate surface area is 112 Å². The maximum Gasteiger partial charge on any atom is 0.0328 e. The Morgan fingerprint density at radius 2 is 1.44 bits per heavy atom. The Balaban J connectivity index is 2.37. The van der Waals surface area contributed by atoms with E-state index in [1.807, 2.05) is 0 Å². The van der Waals surface area contributed by atoms with Crippen molar-refractivity contribution < 1.29 is 0 Å². The molecule has 0 heterocycles. The minimum atomic E-state index is 0.240. The van der Waals surface area contributed by atoms with Crippen LogP contribution in [0.3, 0.4) is 0 Å². The third-order valence-corrected chi connectivity index (χ3v) is 4.92. The van der Waals surface area contributed by atoms with Gasteiger partial charge in [-0.3, -0.25) is 0 Å². The maximum atomic E-state index is 6.61. The average molecular weight is 245 g/mol. The molecule has 1 heteroatoms. The Hall–Kier alpha value is -0.820. The number of rotatable bonds is 2. The van der Waals surface area contributed by atoms with Crippen molar-refractivity contribution in [3.63, 3.8) is 0 Å². The predicted octanol–water partition coefficient (Wildman–Crippen LogP) is 4.50. The van der Waals surface area contributed by atoms with E-state index < -0.39 is 0 Å². The SMILES string of the molecule is Cc1cc(C)c(C)c(C(N)C2CCCCC2)c1C. The van der Waals surface area contributed by atoms with Crippen LogP contribution in [0.1, 0.15) is 66.0 Å². The lowest BCUT2D eigenvalue weighted by Crippen LogP contribution is -2.25. The van der Waals surface area contributed by atoms with Crippen LogP contribution in [0, 0.1) is 33.6 Å². The molecule has 1 nitrogen and oxygen atoms in total. The molecule has 100 valence electrons. The molecular formula is C17H27N. The van der Waals surface area contributed by atoms with Crippen molar-refractivity contribution in [1.29, 1.82) is 0 Å². The first-order chi connectivity index (χ1) is 8.52. The molecular weight excluding hydrogens is 218 g/mol. The summed E-state index contributed by atoms with van der Waals surface area (Å²) in [5.74, 6) is 0.692. The third-order valence-electron chi connectivity index (χ3n) is 4.92. The lowest BCUT2D eigenvalue weighted by atomic mass is 9.78. The highest BCUT2D eigenvalue weighted by atomic mass is 14.7. The molecule has 2 rings (SSSR count). The summed E-state index contributed by atoms with van der Waals surface area (Å²) in [4.78, 5) is 0. The summed E-state index contributed by atoms with van der Waals surface area (Å²) >= 11 is 0. The van der Waals surface area contributed by atoms with Crippen molar-refractivity contribution in [1.82, 2.24) is 0 Å². The molecule has 1 saturated carbocycles. The lowest BCUT2D eigenvalue weighted by Gasteiger charge is -2.30. The third kappa shape index (κ3) is 2.47. The van der Waals surface area contributed by atoms with Gasteiger partial charge in [0.25, 0.3) is 0 Å². The summed E-state index contributed by atoms with van der Waals surface area (Å²) in [5, 5.41) is 0. The molecule has 0 aliphatic heterocycles. The molecule has 2 N–H and O–H groups in total. The minimum Gasteiger partial charge on any atom is -0.324 e. The molecule has 18 heavy (non-hydrogen) atoms. The zero-order chi connectivity index (χ0) is 13.3. The van der Waals surface area contributed by atoms with E-state index in [1.54, 1.807) is 0 Å². The molecule has 1 aromatic rings. The topological polar surface area (TPSA) is 26.0 Å². The van der Waals surface area contributed by atoms with Crippen LogP contribution in [0.5, 0.6) is 0 Å². The van der Waals surface area contributed by atoms with Crippen molar-refractivity contribution in [2.45, 2.75) is 65.8 Å². The Morgan fingerprint density at radius 3 is 1.94 bits per heavy atom. The fourth-order valence-electron chi connectivity index (χ4n) is 3.48. The molecule has 1 fully saturated rings. The van der Waals surface area contributed by atoms with Crippen LogP contribution in [-0.4, -0.2) is 0 Å². The second kappa shape index (κ2) is 5.44. The normalized spacial score (nSPS) is 18.9. The monoisotopic (exact) mass is 245 g/mol. The number of aryl methyl sites for hydroxylation is 2. The molecule has 0 radical (unpaired) electrons. The first-order valence-corrected chi connectivity index (χ1v) is 7.35. The van der Waals surface area contributed by atoms with Gasteiger partial charge < -0.3 is 5.73 Å². The van der Waals surface area contributed by atoms with Gasteiger partial charge in [-0.2, -0.15) is 0 Å². The van der Waals surface area contributed by atoms with Crippen molar-refractivity contribution in [2.24, 2.45) is 11.7 Å². The summed E-state index contributed by atoms with van der Waals surface area (Å²) in [6.07, 6.45) is 6.75. The van der Waals surface area contributed by atoms with Crippen LogP contribution in [-0.2, 0) is 0 Å². The van der Waals surface area contributed by atoms with Gasteiger partial charge in [-0.1, -0.05) is 25.3 Å². The van der Waals surface area contributed by atoms with Crippen LogP contribution < -0.4 is 5.73 Å². The Bertz CT molecular complexity index is 401. The average Bonchev–Trinajstić information content (AvgIpc) is 2.37. The smallest absolute Gasteiger partial charge is 0.0328 e. The summed E-state index contributed by atoms with van der Waals surface area (Å²) in [7, 11) is 0. The fraction of sp³-hybridized carbons (Fsp3) is 0.647. The lowest BCUT2D eigenvalue weighted by molar-refractivity contribution is 0.307. The molecule has 1 unspecified atom stereocenters. The summed E-state index contributed by atoms with van der Waals surface area (Å²) in [5.41, 5.74) is 13.6. The van der Waals surface area contributed by atoms with Crippen molar-refractivity contribution in [2.75, 3.05) is 0 Å². The molecule has 1 atom stereocenters. The summed E-state index contributed by atoms with van der Waals surface area (Å²) in [6, 6.07) is 2.53. The van der Waals surface area contributed by atoms with Crippen molar-refractivity contribution in [3.8, 4) is 0 Å². The van der Waals surface area contributed by atoms with Crippen LogP contribution in [0.25, 0.3) is 0 Å².